The second kappa shape index (κ2) is 19.1. The van der Waals surface area contributed by atoms with Gasteiger partial charge in [0.05, 0.1) is 4.92 Å². The molecule has 1 amide bonds. The molecule has 0 aliphatic heterocycles. The van der Waals surface area contributed by atoms with Crippen LogP contribution < -0.4 is 5.32 Å². The number of anilines is 1. The maximum absolute atomic E-state index is 11.9. The largest absolute Gasteiger partial charge is 0.317 e. The Balaban J connectivity index is 1.84. The Morgan fingerprint density at radius 1 is 0.774 bits per heavy atom. The summed E-state index contributed by atoms with van der Waals surface area (Å²) in [5, 5.41) is 13.3. The van der Waals surface area contributed by atoms with Gasteiger partial charge in [0, 0.05) is 23.6 Å². The number of nitro groups is 1. The number of non-ortho nitro benzene ring substituents is 1. The van der Waals surface area contributed by atoms with E-state index < -0.39 is 4.92 Å². The second-order valence-electron chi connectivity index (χ2n) is 8.37. The van der Waals surface area contributed by atoms with Gasteiger partial charge in [-0.15, -0.1) is 0 Å². The van der Waals surface area contributed by atoms with Crippen molar-refractivity contribution in [1.29, 1.82) is 0 Å². The van der Waals surface area contributed by atoms with Crippen LogP contribution in [0.25, 0.3) is 0 Å². The number of benzene rings is 1. The van der Waals surface area contributed by atoms with E-state index in [-0.39, 0.29) is 10.9 Å². The van der Waals surface area contributed by atoms with Crippen molar-refractivity contribution >= 4 is 28.4 Å². The summed E-state index contributed by atoms with van der Waals surface area (Å²) < 4.78 is 0. The number of nitro benzene ring substituents is 1. The van der Waals surface area contributed by atoms with Gasteiger partial charge in [-0.25, -0.2) is 0 Å². The van der Waals surface area contributed by atoms with E-state index in [2.05, 4.69) is 12.2 Å². The Hall–Kier alpha value is -1.56. The summed E-state index contributed by atoms with van der Waals surface area (Å²) in [6.45, 7) is 2.27. The van der Waals surface area contributed by atoms with E-state index in [0.717, 1.165) is 12.2 Å². The summed E-state index contributed by atoms with van der Waals surface area (Å²) in [6.07, 6.45) is 21.5. The van der Waals surface area contributed by atoms with Crippen molar-refractivity contribution in [2.24, 2.45) is 0 Å². The lowest BCUT2D eigenvalue weighted by atomic mass is 10.0. The van der Waals surface area contributed by atoms with Gasteiger partial charge >= 0.3 is 0 Å². The van der Waals surface area contributed by atoms with Gasteiger partial charge in [0.15, 0.2) is 0 Å². The molecule has 1 rings (SSSR count). The van der Waals surface area contributed by atoms with E-state index in [0.29, 0.717) is 5.69 Å². The van der Waals surface area contributed by atoms with Crippen LogP contribution >= 0.6 is 11.8 Å². The number of amides is 1. The smallest absolute Gasteiger partial charge is 0.283 e. The van der Waals surface area contributed by atoms with Crippen molar-refractivity contribution in [3.8, 4) is 0 Å². The molecule has 0 saturated carbocycles. The van der Waals surface area contributed by atoms with Gasteiger partial charge in [-0.2, -0.15) is 0 Å². The third-order valence-corrected chi connectivity index (χ3v) is 6.41. The topological polar surface area (TPSA) is 72.2 Å². The number of carbonyl (C=O) groups excluding carboxylic acids is 1. The van der Waals surface area contributed by atoms with Crippen molar-refractivity contribution < 1.29 is 9.72 Å². The van der Waals surface area contributed by atoms with E-state index in [1.165, 1.54) is 120 Å². The molecule has 31 heavy (non-hydrogen) atoms. The minimum atomic E-state index is -0.447. The summed E-state index contributed by atoms with van der Waals surface area (Å²) in [6, 6.07) is 5.92. The number of thioether (sulfide) groups is 1. The quantitative estimate of drug-likeness (QED) is 0.129. The highest BCUT2D eigenvalue weighted by Crippen LogP contribution is 2.18. The Morgan fingerprint density at radius 2 is 1.19 bits per heavy atom. The molecule has 5 nitrogen and oxygen atoms in total. The first-order valence-electron chi connectivity index (χ1n) is 12.3. The summed E-state index contributed by atoms with van der Waals surface area (Å²) in [4.78, 5) is 22.1. The van der Waals surface area contributed by atoms with Crippen molar-refractivity contribution in [1.82, 2.24) is 0 Å². The number of nitrogens with zero attached hydrogens (tertiary/aromatic N) is 1. The van der Waals surface area contributed by atoms with Crippen LogP contribution in [0.3, 0.4) is 0 Å². The standard InChI is InChI=1S/C25H42N2O3S/c1-2-3-4-5-6-7-8-9-10-11-12-13-14-15-16-17-22-31-25(28)26-23-18-20-24(21-19-23)27(29)30/h18-21H,2-17,22H2,1H3,(H,26,28). The zero-order valence-corrected chi connectivity index (χ0v) is 20.2. The van der Waals surface area contributed by atoms with Crippen LogP contribution in [0.15, 0.2) is 24.3 Å². The number of nitrogens with one attached hydrogen (secondary N) is 1. The first kappa shape index (κ1) is 27.5. The SMILES string of the molecule is CCCCCCCCCCCCCCCCCCSC(=O)Nc1ccc([N+](=O)[O-])cc1. The number of rotatable bonds is 19. The average molecular weight is 451 g/mol. The molecule has 0 bridgehead atoms. The molecule has 1 N–H and O–H groups in total. The van der Waals surface area contributed by atoms with E-state index in [1.54, 1.807) is 12.1 Å². The van der Waals surface area contributed by atoms with Crippen LogP contribution in [0.5, 0.6) is 0 Å². The highest BCUT2D eigenvalue weighted by atomic mass is 32.2. The van der Waals surface area contributed by atoms with Crippen LogP contribution in [0.1, 0.15) is 110 Å². The van der Waals surface area contributed by atoms with Gasteiger partial charge < -0.3 is 5.32 Å². The molecule has 6 heteroatoms. The third-order valence-electron chi connectivity index (χ3n) is 5.56. The Bertz CT molecular complexity index is 593. The maximum Gasteiger partial charge on any atom is 0.283 e. The van der Waals surface area contributed by atoms with Gasteiger partial charge in [0.1, 0.15) is 0 Å². The van der Waals surface area contributed by atoms with Crippen LogP contribution in [-0.4, -0.2) is 15.9 Å². The zero-order valence-electron chi connectivity index (χ0n) is 19.4. The lowest BCUT2D eigenvalue weighted by Gasteiger charge is -2.05. The molecule has 0 aromatic heterocycles. The Labute approximate surface area is 193 Å². The van der Waals surface area contributed by atoms with E-state index in [1.807, 2.05) is 0 Å². The molecule has 1 aromatic rings. The minimum Gasteiger partial charge on any atom is -0.317 e. The molecule has 0 fully saturated rings. The highest BCUT2D eigenvalue weighted by Gasteiger charge is 2.06. The number of hydrogen-bond acceptors (Lipinski definition) is 4. The molecule has 176 valence electrons. The summed E-state index contributed by atoms with van der Waals surface area (Å²) in [5.41, 5.74) is 0.619. The molecule has 0 radical (unpaired) electrons. The molecule has 1 aromatic carbocycles. The van der Waals surface area contributed by atoms with Crippen LogP contribution in [-0.2, 0) is 0 Å². The molecular weight excluding hydrogens is 408 g/mol. The molecule has 0 atom stereocenters. The number of hydrogen-bond donors (Lipinski definition) is 1. The van der Waals surface area contributed by atoms with Crippen LogP contribution in [0.4, 0.5) is 16.2 Å². The predicted molar refractivity (Wildman–Crippen MR) is 134 cm³/mol. The lowest BCUT2D eigenvalue weighted by molar-refractivity contribution is -0.384. The van der Waals surface area contributed by atoms with Gasteiger partial charge in [0.2, 0.25) is 0 Å². The summed E-state index contributed by atoms with van der Waals surface area (Å²) in [7, 11) is 0. The molecule has 0 unspecified atom stereocenters. The molecule has 0 saturated heterocycles. The first-order chi connectivity index (χ1) is 15.1. The minimum absolute atomic E-state index is 0.0267. The molecule has 0 aliphatic rings. The van der Waals surface area contributed by atoms with Crippen molar-refractivity contribution in [2.75, 3.05) is 11.1 Å². The van der Waals surface area contributed by atoms with Crippen molar-refractivity contribution in [3.63, 3.8) is 0 Å². The molecule has 0 heterocycles. The maximum atomic E-state index is 11.9. The average Bonchev–Trinajstić information content (AvgIpc) is 2.76. The van der Waals surface area contributed by atoms with Gasteiger partial charge in [-0.05, 0) is 18.6 Å². The normalized spacial score (nSPS) is 10.9. The predicted octanol–water partition coefficient (Wildman–Crippen LogP) is 9.12. The molecule has 0 aliphatic carbocycles. The van der Waals surface area contributed by atoms with E-state index in [4.69, 9.17) is 0 Å². The van der Waals surface area contributed by atoms with E-state index >= 15 is 0 Å². The van der Waals surface area contributed by atoms with Crippen molar-refractivity contribution in [2.45, 2.75) is 110 Å². The molecule has 0 spiro atoms. The van der Waals surface area contributed by atoms with Crippen LogP contribution in [0, 0.1) is 10.1 Å². The Kier molecular flexibility index (Phi) is 17.0. The zero-order chi connectivity index (χ0) is 22.6. The van der Waals surface area contributed by atoms with Crippen molar-refractivity contribution in [3.05, 3.63) is 34.4 Å². The fourth-order valence-corrected chi connectivity index (χ4v) is 4.36. The second-order valence-corrected chi connectivity index (χ2v) is 9.44. The molecular formula is C25H42N2O3S. The number of carbonyl (C=O) groups is 1. The van der Waals surface area contributed by atoms with Gasteiger partial charge in [0.25, 0.3) is 10.9 Å². The summed E-state index contributed by atoms with van der Waals surface area (Å²) >= 11 is 1.28. The Morgan fingerprint density at radius 3 is 1.61 bits per heavy atom. The number of unbranched alkanes of at least 4 members (excludes halogenated alkanes) is 15. The monoisotopic (exact) mass is 450 g/mol. The lowest BCUT2D eigenvalue weighted by Crippen LogP contribution is -2.05. The third kappa shape index (κ3) is 15.8. The van der Waals surface area contributed by atoms with E-state index in [9.17, 15) is 14.9 Å². The summed E-state index contributed by atoms with van der Waals surface area (Å²) in [5.74, 6) is 0.817. The fourth-order valence-electron chi connectivity index (χ4n) is 3.64. The van der Waals surface area contributed by atoms with Gasteiger partial charge in [-0.3, -0.25) is 14.9 Å². The fraction of sp³-hybridized carbons (Fsp3) is 0.720. The van der Waals surface area contributed by atoms with Gasteiger partial charge in [-0.1, -0.05) is 115 Å². The van der Waals surface area contributed by atoms with Crippen LogP contribution in [0.2, 0.25) is 0 Å². The first-order valence-corrected chi connectivity index (χ1v) is 13.3. The highest BCUT2D eigenvalue weighted by molar-refractivity contribution is 8.13.